The molecule has 1 aromatic carbocycles. The van der Waals surface area contributed by atoms with Gasteiger partial charge in [0.05, 0.1) is 7.11 Å². The Morgan fingerprint density at radius 3 is 2.69 bits per heavy atom. The van der Waals surface area contributed by atoms with E-state index in [-0.39, 0.29) is 11.8 Å². The van der Waals surface area contributed by atoms with Crippen LogP contribution in [0.3, 0.4) is 0 Å². The first-order chi connectivity index (χ1) is 12.5. The van der Waals surface area contributed by atoms with Gasteiger partial charge in [-0.25, -0.2) is 0 Å². The molecule has 1 aliphatic heterocycles. The fourth-order valence-electron chi connectivity index (χ4n) is 3.82. The molecule has 1 aromatic heterocycles. The number of amides is 1. The maximum Gasteiger partial charge on any atom is 0.225 e. The molecule has 0 atom stereocenters. The quantitative estimate of drug-likeness (QED) is 0.825. The molecule has 1 amide bonds. The van der Waals surface area contributed by atoms with Crippen LogP contribution in [-0.4, -0.2) is 54.0 Å². The Hall–Kier alpha value is -2.14. The number of methoxy groups -OCH3 is 1. The highest BCUT2D eigenvalue weighted by Crippen LogP contribution is 2.28. The predicted molar refractivity (Wildman–Crippen MR) is 104 cm³/mol. The fraction of sp³-hybridized carbons (Fsp3) is 0.524. The van der Waals surface area contributed by atoms with E-state index in [0.717, 1.165) is 48.1 Å². The number of benzene rings is 1. The molecule has 2 heterocycles. The first kappa shape index (κ1) is 18.6. The first-order valence-electron chi connectivity index (χ1n) is 9.41. The second-order valence-corrected chi connectivity index (χ2v) is 7.42. The summed E-state index contributed by atoms with van der Waals surface area (Å²) in [6.07, 6.45) is 3.67. The number of hydrogen-bond acceptors (Lipinski definition) is 4. The lowest BCUT2D eigenvalue weighted by atomic mass is 9.94. The van der Waals surface area contributed by atoms with Gasteiger partial charge in [-0.1, -0.05) is 12.1 Å². The molecule has 0 N–H and O–H groups in total. The van der Waals surface area contributed by atoms with Crippen molar-refractivity contribution >= 4 is 16.8 Å². The van der Waals surface area contributed by atoms with Gasteiger partial charge in [0.2, 0.25) is 5.91 Å². The maximum atomic E-state index is 12.9. The summed E-state index contributed by atoms with van der Waals surface area (Å²) in [6, 6.07) is 8.49. The van der Waals surface area contributed by atoms with Crippen LogP contribution in [0.15, 0.2) is 30.5 Å². The molecule has 1 saturated heterocycles. The Labute approximate surface area is 156 Å². The van der Waals surface area contributed by atoms with E-state index in [4.69, 9.17) is 4.74 Å². The number of piperidine rings is 1. The zero-order chi connectivity index (χ0) is 18.7. The van der Waals surface area contributed by atoms with Crippen molar-refractivity contribution in [2.75, 3.05) is 27.2 Å². The summed E-state index contributed by atoms with van der Waals surface area (Å²) in [5, 5.41) is 1.04. The average molecular weight is 355 g/mol. The standard InChI is InChI=1S/C21H29N3O2/c1-15(2)24-12-9-16(10-13-24)21(25)23(3)14-17-7-8-19(26-4)20-18(17)6-5-11-22-20/h5-8,11,15-16H,9-10,12-14H2,1-4H3. The van der Waals surface area contributed by atoms with Crippen LogP contribution in [0.5, 0.6) is 5.75 Å². The SMILES string of the molecule is COc1ccc(CN(C)C(=O)C2CCN(C(C)C)CC2)c2cccnc12. The van der Waals surface area contributed by atoms with Crippen LogP contribution in [0.2, 0.25) is 0 Å². The summed E-state index contributed by atoms with van der Waals surface area (Å²) in [6.45, 7) is 7.05. The molecule has 5 nitrogen and oxygen atoms in total. The van der Waals surface area contributed by atoms with Crippen molar-refractivity contribution in [3.63, 3.8) is 0 Å². The number of ether oxygens (including phenoxy) is 1. The van der Waals surface area contributed by atoms with Gasteiger partial charge in [-0.15, -0.1) is 0 Å². The molecule has 3 rings (SSSR count). The first-order valence-corrected chi connectivity index (χ1v) is 9.41. The summed E-state index contributed by atoms with van der Waals surface area (Å²) in [4.78, 5) is 21.7. The minimum absolute atomic E-state index is 0.137. The van der Waals surface area contributed by atoms with E-state index in [1.54, 1.807) is 13.3 Å². The Morgan fingerprint density at radius 1 is 1.31 bits per heavy atom. The topological polar surface area (TPSA) is 45.7 Å². The van der Waals surface area contributed by atoms with Crippen LogP contribution in [0.25, 0.3) is 10.9 Å². The van der Waals surface area contributed by atoms with Crippen LogP contribution in [0.4, 0.5) is 0 Å². The molecule has 0 bridgehead atoms. The summed E-state index contributed by atoms with van der Waals surface area (Å²) < 4.78 is 5.41. The van der Waals surface area contributed by atoms with Gasteiger partial charge in [-0.2, -0.15) is 0 Å². The van der Waals surface area contributed by atoms with E-state index in [0.29, 0.717) is 12.6 Å². The molecule has 0 radical (unpaired) electrons. The van der Waals surface area contributed by atoms with Crippen LogP contribution >= 0.6 is 0 Å². The van der Waals surface area contributed by atoms with Crippen molar-refractivity contribution < 1.29 is 9.53 Å². The van der Waals surface area contributed by atoms with E-state index >= 15 is 0 Å². The normalized spacial score (nSPS) is 16.2. The monoisotopic (exact) mass is 355 g/mol. The van der Waals surface area contributed by atoms with Gasteiger partial charge in [0.1, 0.15) is 11.3 Å². The van der Waals surface area contributed by atoms with Gasteiger partial charge in [-0.05, 0) is 57.5 Å². The second kappa shape index (κ2) is 8.04. The summed E-state index contributed by atoms with van der Waals surface area (Å²) in [5.74, 6) is 1.15. The number of carbonyl (C=O) groups is 1. The highest BCUT2D eigenvalue weighted by Gasteiger charge is 2.28. The fourth-order valence-corrected chi connectivity index (χ4v) is 3.82. The third kappa shape index (κ3) is 3.83. The Kier molecular flexibility index (Phi) is 5.77. The molecular weight excluding hydrogens is 326 g/mol. The van der Waals surface area contributed by atoms with Crippen molar-refractivity contribution in [2.45, 2.75) is 39.3 Å². The highest BCUT2D eigenvalue weighted by molar-refractivity contribution is 5.88. The predicted octanol–water partition coefficient (Wildman–Crippen LogP) is 3.32. The number of carbonyl (C=O) groups excluding carboxylic acids is 1. The lowest BCUT2D eigenvalue weighted by Gasteiger charge is -2.35. The Morgan fingerprint density at radius 2 is 2.04 bits per heavy atom. The van der Waals surface area contributed by atoms with Crippen LogP contribution in [-0.2, 0) is 11.3 Å². The second-order valence-electron chi connectivity index (χ2n) is 7.42. The van der Waals surface area contributed by atoms with Crippen molar-refractivity contribution in [1.82, 2.24) is 14.8 Å². The minimum atomic E-state index is 0.137. The van der Waals surface area contributed by atoms with Gasteiger partial charge in [-0.3, -0.25) is 9.78 Å². The van der Waals surface area contributed by atoms with Crippen molar-refractivity contribution in [3.8, 4) is 5.75 Å². The maximum absolute atomic E-state index is 12.9. The van der Waals surface area contributed by atoms with Crippen LogP contribution < -0.4 is 4.74 Å². The number of fused-ring (bicyclic) bond motifs is 1. The Bertz CT molecular complexity index is 767. The van der Waals surface area contributed by atoms with Crippen molar-refractivity contribution in [1.29, 1.82) is 0 Å². The van der Waals surface area contributed by atoms with Crippen molar-refractivity contribution in [3.05, 3.63) is 36.0 Å². The number of nitrogens with zero attached hydrogens (tertiary/aromatic N) is 3. The molecule has 5 heteroatoms. The van der Waals surface area contributed by atoms with E-state index in [2.05, 4.69) is 23.7 Å². The molecule has 140 valence electrons. The summed E-state index contributed by atoms with van der Waals surface area (Å²) >= 11 is 0. The smallest absolute Gasteiger partial charge is 0.225 e. The van der Waals surface area contributed by atoms with Crippen molar-refractivity contribution in [2.24, 2.45) is 5.92 Å². The van der Waals surface area contributed by atoms with Gasteiger partial charge < -0.3 is 14.5 Å². The Balaban J connectivity index is 1.71. The third-order valence-electron chi connectivity index (χ3n) is 5.44. The zero-order valence-corrected chi connectivity index (χ0v) is 16.2. The van der Waals surface area contributed by atoms with E-state index in [9.17, 15) is 4.79 Å². The van der Waals surface area contributed by atoms with Gasteiger partial charge in [0.15, 0.2) is 0 Å². The van der Waals surface area contributed by atoms with Gasteiger partial charge >= 0.3 is 0 Å². The van der Waals surface area contributed by atoms with E-state index < -0.39 is 0 Å². The molecule has 1 aliphatic rings. The van der Waals surface area contributed by atoms with Crippen LogP contribution in [0, 0.1) is 5.92 Å². The van der Waals surface area contributed by atoms with Gasteiger partial charge in [0, 0.05) is 37.1 Å². The van der Waals surface area contributed by atoms with E-state index in [1.165, 1.54) is 0 Å². The lowest BCUT2D eigenvalue weighted by Crippen LogP contribution is -2.43. The van der Waals surface area contributed by atoms with E-state index in [1.807, 2.05) is 36.2 Å². The lowest BCUT2D eigenvalue weighted by molar-refractivity contribution is -0.136. The van der Waals surface area contributed by atoms with Gasteiger partial charge in [0.25, 0.3) is 0 Å². The molecule has 0 spiro atoms. The molecular formula is C21H29N3O2. The molecule has 0 aliphatic carbocycles. The number of pyridine rings is 1. The summed E-state index contributed by atoms with van der Waals surface area (Å²) in [7, 11) is 3.56. The molecule has 0 saturated carbocycles. The molecule has 1 fully saturated rings. The number of likely N-dealkylation sites (tertiary alicyclic amines) is 1. The molecule has 2 aromatic rings. The third-order valence-corrected chi connectivity index (χ3v) is 5.44. The molecule has 0 unspecified atom stereocenters. The summed E-state index contributed by atoms with van der Waals surface area (Å²) in [5.41, 5.74) is 1.95. The highest BCUT2D eigenvalue weighted by atomic mass is 16.5. The largest absolute Gasteiger partial charge is 0.494 e. The molecule has 26 heavy (non-hydrogen) atoms. The number of aromatic nitrogens is 1. The zero-order valence-electron chi connectivity index (χ0n) is 16.2. The van der Waals surface area contributed by atoms with Crippen LogP contribution in [0.1, 0.15) is 32.3 Å². The average Bonchev–Trinajstić information content (AvgIpc) is 2.67. The number of hydrogen-bond donors (Lipinski definition) is 0. The minimum Gasteiger partial charge on any atom is -0.494 e. The number of rotatable bonds is 5.